The van der Waals surface area contributed by atoms with Crippen molar-refractivity contribution in [2.75, 3.05) is 19.7 Å². The average molecular weight is 185 g/mol. The molecule has 2 heterocycles. The molecule has 13 heavy (non-hydrogen) atoms. The number of likely N-dealkylation sites (tertiary alicyclic amines) is 1. The van der Waals surface area contributed by atoms with Crippen molar-refractivity contribution in [3.63, 3.8) is 0 Å². The molecule has 0 saturated carbocycles. The molecule has 0 amide bonds. The maximum atomic E-state index is 9.41. The summed E-state index contributed by atoms with van der Waals surface area (Å²) in [4.78, 5) is 2.35. The van der Waals surface area contributed by atoms with Gasteiger partial charge >= 0.3 is 0 Å². The number of rotatable bonds is 2. The van der Waals surface area contributed by atoms with Gasteiger partial charge in [-0.05, 0) is 26.2 Å². The highest BCUT2D eigenvalue weighted by Crippen LogP contribution is 2.22. The van der Waals surface area contributed by atoms with E-state index < -0.39 is 0 Å². The van der Waals surface area contributed by atoms with E-state index in [0.29, 0.717) is 12.1 Å². The number of aliphatic hydroxyl groups excluding tert-OH is 1. The van der Waals surface area contributed by atoms with Gasteiger partial charge < -0.3 is 9.84 Å². The lowest BCUT2D eigenvalue weighted by atomic mass is 10.1. The molecular formula is C10H19NO2. The Balaban J connectivity index is 1.85. The fourth-order valence-corrected chi connectivity index (χ4v) is 2.36. The Morgan fingerprint density at radius 2 is 2.31 bits per heavy atom. The molecule has 0 spiro atoms. The van der Waals surface area contributed by atoms with Gasteiger partial charge in [-0.3, -0.25) is 4.90 Å². The predicted octanol–water partition coefficient (Wildman–Crippen LogP) is 0.620. The van der Waals surface area contributed by atoms with E-state index in [1.54, 1.807) is 0 Å². The van der Waals surface area contributed by atoms with E-state index >= 15 is 0 Å². The first kappa shape index (κ1) is 9.44. The van der Waals surface area contributed by atoms with E-state index in [1.165, 1.54) is 12.8 Å². The number of ether oxygens (including phenoxy) is 1. The number of nitrogens with zero attached hydrogens (tertiary/aromatic N) is 1. The van der Waals surface area contributed by atoms with Gasteiger partial charge in [0.25, 0.3) is 0 Å². The molecule has 2 aliphatic heterocycles. The third kappa shape index (κ3) is 2.03. The minimum absolute atomic E-state index is 0.108. The molecule has 2 rings (SSSR count). The van der Waals surface area contributed by atoms with Crippen LogP contribution in [0.15, 0.2) is 0 Å². The van der Waals surface area contributed by atoms with E-state index in [-0.39, 0.29) is 6.10 Å². The van der Waals surface area contributed by atoms with Gasteiger partial charge in [0.1, 0.15) is 0 Å². The summed E-state index contributed by atoms with van der Waals surface area (Å²) < 4.78 is 5.64. The maximum Gasteiger partial charge on any atom is 0.0728 e. The second-order valence-electron chi connectivity index (χ2n) is 4.23. The fourth-order valence-electron chi connectivity index (χ4n) is 2.36. The van der Waals surface area contributed by atoms with E-state index in [1.807, 2.05) is 0 Å². The van der Waals surface area contributed by atoms with Crippen LogP contribution in [0.3, 0.4) is 0 Å². The largest absolute Gasteiger partial charge is 0.392 e. The smallest absolute Gasteiger partial charge is 0.0728 e. The van der Waals surface area contributed by atoms with Crippen LogP contribution in [0.4, 0.5) is 0 Å². The molecule has 2 aliphatic rings. The molecule has 2 fully saturated rings. The van der Waals surface area contributed by atoms with Gasteiger partial charge in [-0.2, -0.15) is 0 Å². The minimum Gasteiger partial charge on any atom is -0.392 e. The molecule has 1 N–H and O–H groups in total. The van der Waals surface area contributed by atoms with Gasteiger partial charge in [-0.1, -0.05) is 0 Å². The third-order valence-electron chi connectivity index (χ3n) is 3.27. The second kappa shape index (κ2) is 3.95. The summed E-state index contributed by atoms with van der Waals surface area (Å²) >= 11 is 0. The SMILES string of the molecule is CC(C1CCCO1)N1CC[C@H](O)C1. The summed E-state index contributed by atoms with van der Waals surface area (Å²) in [6.45, 7) is 5.00. The van der Waals surface area contributed by atoms with Crippen molar-refractivity contribution in [2.24, 2.45) is 0 Å². The van der Waals surface area contributed by atoms with Crippen molar-refractivity contribution in [1.82, 2.24) is 4.90 Å². The fraction of sp³-hybridized carbons (Fsp3) is 1.00. The summed E-state index contributed by atoms with van der Waals surface area (Å²) in [6, 6.07) is 0.486. The van der Waals surface area contributed by atoms with E-state index in [4.69, 9.17) is 4.74 Å². The molecule has 0 aromatic heterocycles. The quantitative estimate of drug-likeness (QED) is 0.684. The highest BCUT2D eigenvalue weighted by molar-refractivity contribution is 4.85. The summed E-state index contributed by atoms with van der Waals surface area (Å²) in [5.41, 5.74) is 0. The summed E-state index contributed by atoms with van der Waals surface area (Å²) in [5, 5.41) is 9.41. The third-order valence-corrected chi connectivity index (χ3v) is 3.27. The number of β-amino-alcohol motifs (C(OH)–C–C–N with tert-alkyl or cyclic N) is 1. The minimum atomic E-state index is -0.108. The van der Waals surface area contributed by atoms with Crippen LogP contribution in [0.25, 0.3) is 0 Å². The molecule has 2 unspecified atom stereocenters. The molecule has 0 aliphatic carbocycles. The number of hydrogen-bond acceptors (Lipinski definition) is 3. The lowest BCUT2D eigenvalue weighted by Gasteiger charge is -2.28. The van der Waals surface area contributed by atoms with Gasteiger partial charge in [0.2, 0.25) is 0 Å². The molecule has 76 valence electrons. The monoisotopic (exact) mass is 185 g/mol. The standard InChI is InChI=1S/C10H19NO2/c1-8(10-3-2-6-13-10)11-5-4-9(12)7-11/h8-10,12H,2-7H2,1H3/t8?,9-,10?/m0/s1. The molecule has 0 radical (unpaired) electrons. The maximum absolute atomic E-state index is 9.41. The zero-order valence-electron chi connectivity index (χ0n) is 8.28. The Hall–Kier alpha value is -0.120. The van der Waals surface area contributed by atoms with Crippen molar-refractivity contribution in [3.05, 3.63) is 0 Å². The number of aliphatic hydroxyl groups is 1. The lowest BCUT2D eigenvalue weighted by molar-refractivity contribution is 0.0356. The molecule has 3 heteroatoms. The molecule has 0 aromatic carbocycles. The Bertz CT molecular complexity index is 168. The summed E-state index contributed by atoms with van der Waals surface area (Å²) in [7, 11) is 0. The highest BCUT2D eigenvalue weighted by atomic mass is 16.5. The van der Waals surface area contributed by atoms with Crippen molar-refractivity contribution in [3.8, 4) is 0 Å². The second-order valence-corrected chi connectivity index (χ2v) is 4.23. The Morgan fingerprint density at radius 1 is 1.46 bits per heavy atom. The van der Waals surface area contributed by atoms with Crippen molar-refractivity contribution in [2.45, 2.75) is 44.4 Å². The number of hydrogen-bond donors (Lipinski definition) is 1. The van der Waals surface area contributed by atoms with Gasteiger partial charge in [0.05, 0.1) is 12.2 Å². The van der Waals surface area contributed by atoms with Gasteiger partial charge in [0, 0.05) is 25.7 Å². The summed E-state index contributed by atoms with van der Waals surface area (Å²) in [5.74, 6) is 0. The molecule has 0 aromatic rings. The molecular weight excluding hydrogens is 166 g/mol. The van der Waals surface area contributed by atoms with Crippen molar-refractivity contribution >= 4 is 0 Å². The lowest BCUT2D eigenvalue weighted by Crippen LogP contribution is -2.40. The Labute approximate surface area is 79.7 Å². The van der Waals surface area contributed by atoms with E-state index in [9.17, 15) is 5.11 Å². The van der Waals surface area contributed by atoms with Crippen LogP contribution in [0.2, 0.25) is 0 Å². The van der Waals surface area contributed by atoms with Crippen LogP contribution in [-0.2, 0) is 4.74 Å². The Kier molecular flexibility index (Phi) is 2.86. The zero-order valence-corrected chi connectivity index (χ0v) is 8.28. The topological polar surface area (TPSA) is 32.7 Å². The average Bonchev–Trinajstić information content (AvgIpc) is 2.72. The van der Waals surface area contributed by atoms with Crippen LogP contribution < -0.4 is 0 Å². The van der Waals surface area contributed by atoms with Crippen molar-refractivity contribution < 1.29 is 9.84 Å². The first-order chi connectivity index (χ1) is 6.27. The normalized spacial score (nSPS) is 38.3. The van der Waals surface area contributed by atoms with Crippen LogP contribution in [-0.4, -0.2) is 48.0 Å². The molecule has 3 atom stereocenters. The first-order valence-corrected chi connectivity index (χ1v) is 5.31. The van der Waals surface area contributed by atoms with Crippen LogP contribution >= 0.6 is 0 Å². The zero-order chi connectivity index (χ0) is 9.26. The molecule has 0 bridgehead atoms. The van der Waals surface area contributed by atoms with Crippen LogP contribution in [0, 0.1) is 0 Å². The van der Waals surface area contributed by atoms with E-state index in [2.05, 4.69) is 11.8 Å². The summed E-state index contributed by atoms with van der Waals surface area (Å²) in [6.07, 6.45) is 3.62. The van der Waals surface area contributed by atoms with E-state index in [0.717, 1.165) is 26.1 Å². The van der Waals surface area contributed by atoms with Crippen LogP contribution in [0.5, 0.6) is 0 Å². The Morgan fingerprint density at radius 3 is 2.85 bits per heavy atom. The first-order valence-electron chi connectivity index (χ1n) is 5.31. The van der Waals surface area contributed by atoms with Gasteiger partial charge in [-0.25, -0.2) is 0 Å². The van der Waals surface area contributed by atoms with Crippen LogP contribution in [0.1, 0.15) is 26.2 Å². The molecule has 3 nitrogen and oxygen atoms in total. The molecule has 2 saturated heterocycles. The van der Waals surface area contributed by atoms with Gasteiger partial charge in [0.15, 0.2) is 0 Å². The van der Waals surface area contributed by atoms with Crippen molar-refractivity contribution in [1.29, 1.82) is 0 Å². The highest BCUT2D eigenvalue weighted by Gasteiger charge is 2.31. The van der Waals surface area contributed by atoms with Gasteiger partial charge in [-0.15, -0.1) is 0 Å². The predicted molar refractivity (Wildman–Crippen MR) is 50.6 cm³/mol.